The van der Waals surface area contributed by atoms with Crippen LogP contribution in [0.25, 0.3) is 0 Å². The van der Waals surface area contributed by atoms with Gasteiger partial charge in [-0.15, -0.1) is 4.40 Å². The summed E-state index contributed by atoms with van der Waals surface area (Å²) < 4.78 is 35.6. The van der Waals surface area contributed by atoms with Crippen LogP contribution in [0.15, 0.2) is 69.6 Å². The molecule has 2 unspecified atom stereocenters. The second-order valence-corrected chi connectivity index (χ2v) is 12.4. The molecule has 0 aromatic heterocycles. The van der Waals surface area contributed by atoms with Crippen LogP contribution in [-0.2, 0) is 25.1 Å². The molecule has 2 aromatic carbocycles. The zero-order valence-electron chi connectivity index (χ0n) is 23.0. The Hall–Kier alpha value is -3.37. The van der Waals surface area contributed by atoms with E-state index in [1.807, 2.05) is 36.1 Å². The van der Waals surface area contributed by atoms with Crippen LogP contribution in [0.5, 0.6) is 5.75 Å². The number of rotatable bonds is 7. The fraction of sp³-hybridized carbons (Fsp3) is 0.429. The Morgan fingerprint density at radius 1 is 1.11 bits per heavy atom. The standard InChI is InChI=1S/C28H36N4O5S/c1-27(2)18-25(37-24-11-9-8-10-22(24)27)23-16-17-28(3,26(33)31(6)36-7)32(23)20-12-14-21(15-13-20)38(34,35)29-19-30(4)5/h8-16,19,25H,17-18H2,1-7H3. The molecule has 0 saturated heterocycles. The molecule has 0 N–H and O–H groups in total. The third kappa shape index (κ3) is 5.02. The van der Waals surface area contributed by atoms with Gasteiger partial charge in [-0.1, -0.05) is 38.1 Å². The normalized spacial score (nSPS) is 22.6. The van der Waals surface area contributed by atoms with Crippen molar-refractivity contribution in [3.8, 4) is 5.75 Å². The molecule has 10 heteroatoms. The van der Waals surface area contributed by atoms with Gasteiger partial charge in [-0.25, -0.2) is 5.06 Å². The second-order valence-electron chi connectivity index (χ2n) is 10.8. The number of ether oxygens (including phenoxy) is 1. The van der Waals surface area contributed by atoms with Crippen LogP contribution in [0.4, 0.5) is 5.69 Å². The van der Waals surface area contributed by atoms with E-state index in [4.69, 9.17) is 9.57 Å². The van der Waals surface area contributed by atoms with E-state index in [1.165, 1.54) is 30.6 Å². The number of carbonyl (C=O) groups excluding carboxylic acids is 1. The van der Waals surface area contributed by atoms with E-state index in [9.17, 15) is 13.2 Å². The molecule has 204 valence electrons. The quantitative estimate of drug-likeness (QED) is 0.298. The smallest absolute Gasteiger partial charge is 0.283 e. The van der Waals surface area contributed by atoms with Gasteiger partial charge in [0.2, 0.25) is 0 Å². The van der Waals surface area contributed by atoms with Crippen LogP contribution in [-0.4, -0.2) is 70.5 Å². The van der Waals surface area contributed by atoms with Crippen LogP contribution < -0.4 is 9.64 Å². The zero-order chi connectivity index (χ0) is 27.9. The molecule has 9 nitrogen and oxygen atoms in total. The highest BCUT2D eigenvalue weighted by atomic mass is 32.2. The van der Waals surface area contributed by atoms with Crippen molar-refractivity contribution < 1.29 is 22.8 Å². The van der Waals surface area contributed by atoms with E-state index in [0.717, 1.165) is 17.0 Å². The van der Waals surface area contributed by atoms with E-state index in [0.29, 0.717) is 18.5 Å². The predicted molar refractivity (Wildman–Crippen MR) is 148 cm³/mol. The number of para-hydroxylation sites is 1. The number of likely N-dealkylation sites (N-methyl/N-ethyl adjacent to an activating group) is 1. The first-order valence-corrected chi connectivity index (χ1v) is 13.9. The lowest BCUT2D eigenvalue weighted by Gasteiger charge is -2.44. The Morgan fingerprint density at radius 3 is 2.39 bits per heavy atom. The van der Waals surface area contributed by atoms with E-state index < -0.39 is 15.6 Å². The molecular formula is C28H36N4O5S. The van der Waals surface area contributed by atoms with Crippen molar-refractivity contribution in [3.05, 3.63) is 65.9 Å². The molecule has 0 radical (unpaired) electrons. The summed E-state index contributed by atoms with van der Waals surface area (Å²) in [4.78, 5) is 22.4. The Morgan fingerprint density at radius 2 is 1.76 bits per heavy atom. The van der Waals surface area contributed by atoms with Gasteiger partial charge in [0.25, 0.3) is 15.9 Å². The van der Waals surface area contributed by atoms with Crippen molar-refractivity contribution in [1.29, 1.82) is 0 Å². The SMILES string of the molecule is CON(C)C(=O)C1(C)CC=C(C2CC(C)(C)c3ccccc3O2)N1c1ccc(S(=O)(=O)N=CN(C)C)cc1. The van der Waals surface area contributed by atoms with E-state index in [1.54, 1.807) is 38.2 Å². The Balaban J connectivity index is 1.76. The molecule has 2 aliphatic heterocycles. The summed E-state index contributed by atoms with van der Waals surface area (Å²) in [5, 5.41) is 1.22. The molecule has 2 aromatic rings. The number of hydrogen-bond donors (Lipinski definition) is 0. The Labute approximate surface area is 225 Å². The summed E-state index contributed by atoms with van der Waals surface area (Å²) in [7, 11) is 2.57. The summed E-state index contributed by atoms with van der Waals surface area (Å²) in [6.45, 7) is 6.25. The highest BCUT2D eigenvalue weighted by Crippen LogP contribution is 2.47. The monoisotopic (exact) mass is 540 g/mol. The molecule has 0 saturated carbocycles. The number of anilines is 1. The molecule has 2 atom stereocenters. The minimum absolute atomic E-state index is 0.0649. The van der Waals surface area contributed by atoms with Gasteiger partial charge < -0.3 is 14.5 Å². The van der Waals surface area contributed by atoms with Crippen molar-refractivity contribution in [1.82, 2.24) is 9.96 Å². The second kappa shape index (κ2) is 10.1. The molecular weight excluding hydrogens is 504 g/mol. The summed E-state index contributed by atoms with van der Waals surface area (Å²) in [5.41, 5.74) is 1.51. The van der Waals surface area contributed by atoms with Gasteiger partial charge in [-0.05, 0) is 61.1 Å². The lowest BCUT2D eigenvalue weighted by Crippen LogP contribution is -2.56. The molecule has 2 heterocycles. The van der Waals surface area contributed by atoms with Crippen LogP contribution >= 0.6 is 0 Å². The van der Waals surface area contributed by atoms with Crippen molar-refractivity contribution >= 4 is 28.0 Å². The molecule has 0 spiro atoms. The number of amides is 1. The molecule has 1 amide bonds. The van der Waals surface area contributed by atoms with E-state index in [-0.39, 0.29) is 22.3 Å². The molecule has 4 rings (SSSR count). The van der Waals surface area contributed by atoms with E-state index in [2.05, 4.69) is 24.3 Å². The predicted octanol–water partition coefficient (Wildman–Crippen LogP) is 3.97. The third-order valence-electron chi connectivity index (χ3n) is 7.20. The average molecular weight is 541 g/mol. The highest BCUT2D eigenvalue weighted by Gasteiger charge is 2.50. The van der Waals surface area contributed by atoms with Crippen LogP contribution in [0, 0.1) is 0 Å². The minimum Gasteiger partial charge on any atom is -0.484 e. The third-order valence-corrected chi connectivity index (χ3v) is 8.44. The van der Waals surface area contributed by atoms with Crippen molar-refractivity contribution in [2.45, 2.75) is 55.6 Å². The lowest BCUT2D eigenvalue weighted by molar-refractivity contribution is -0.173. The zero-order valence-corrected chi connectivity index (χ0v) is 23.8. The minimum atomic E-state index is -3.87. The van der Waals surface area contributed by atoms with Gasteiger partial charge in [0.1, 0.15) is 23.7 Å². The molecule has 2 aliphatic rings. The largest absolute Gasteiger partial charge is 0.484 e. The topological polar surface area (TPSA) is 91.8 Å². The average Bonchev–Trinajstić information content (AvgIpc) is 3.24. The summed E-state index contributed by atoms with van der Waals surface area (Å²) in [6, 6.07) is 14.5. The first-order chi connectivity index (χ1) is 17.8. The number of sulfonamides is 1. The summed E-state index contributed by atoms with van der Waals surface area (Å²) in [6.07, 6.45) is 4.13. The van der Waals surface area contributed by atoms with E-state index >= 15 is 0 Å². The van der Waals surface area contributed by atoms with Gasteiger partial charge in [0.15, 0.2) is 0 Å². The first-order valence-electron chi connectivity index (χ1n) is 12.5. The van der Waals surface area contributed by atoms with Crippen LogP contribution in [0.1, 0.15) is 39.2 Å². The van der Waals surface area contributed by atoms with Gasteiger partial charge >= 0.3 is 0 Å². The fourth-order valence-electron chi connectivity index (χ4n) is 5.13. The molecule has 0 aliphatic carbocycles. The number of fused-ring (bicyclic) bond motifs is 1. The molecule has 0 fully saturated rings. The van der Waals surface area contributed by atoms with Gasteiger partial charge in [0, 0.05) is 26.8 Å². The summed E-state index contributed by atoms with van der Waals surface area (Å²) >= 11 is 0. The fourth-order valence-corrected chi connectivity index (χ4v) is 6.05. The molecule has 38 heavy (non-hydrogen) atoms. The van der Waals surface area contributed by atoms with Gasteiger partial charge in [0.05, 0.1) is 17.7 Å². The maximum atomic E-state index is 13.6. The Bertz CT molecular complexity index is 1370. The van der Waals surface area contributed by atoms with Crippen molar-refractivity contribution in [2.75, 3.05) is 33.2 Å². The number of hydroxylamine groups is 2. The van der Waals surface area contributed by atoms with Crippen LogP contribution in [0.2, 0.25) is 0 Å². The van der Waals surface area contributed by atoms with Gasteiger partial charge in [-0.3, -0.25) is 9.63 Å². The van der Waals surface area contributed by atoms with Gasteiger partial charge in [-0.2, -0.15) is 8.42 Å². The Kier molecular flexibility index (Phi) is 7.33. The highest BCUT2D eigenvalue weighted by molar-refractivity contribution is 7.90. The molecule has 0 bridgehead atoms. The number of carbonyl (C=O) groups is 1. The maximum Gasteiger partial charge on any atom is 0.283 e. The number of nitrogens with zero attached hydrogens (tertiary/aromatic N) is 4. The van der Waals surface area contributed by atoms with Crippen molar-refractivity contribution in [2.24, 2.45) is 4.40 Å². The number of hydrogen-bond acceptors (Lipinski definition) is 6. The maximum absolute atomic E-state index is 13.6. The number of benzene rings is 2. The van der Waals surface area contributed by atoms with Crippen LogP contribution in [0.3, 0.4) is 0 Å². The lowest BCUT2D eigenvalue weighted by atomic mass is 9.77. The van der Waals surface area contributed by atoms with Crippen molar-refractivity contribution in [3.63, 3.8) is 0 Å². The summed E-state index contributed by atoms with van der Waals surface area (Å²) in [5.74, 6) is 0.595. The first kappa shape index (κ1) is 27.7.